The van der Waals surface area contributed by atoms with E-state index < -0.39 is 9.84 Å². The van der Waals surface area contributed by atoms with Gasteiger partial charge in [-0.05, 0) is 49.7 Å². The van der Waals surface area contributed by atoms with Gasteiger partial charge in [-0.3, -0.25) is 0 Å². The largest absolute Gasteiger partial charge is 0.493 e. The second-order valence-electron chi connectivity index (χ2n) is 7.01. The van der Waals surface area contributed by atoms with Crippen molar-refractivity contribution in [2.45, 2.75) is 23.6 Å². The van der Waals surface area contributed by atoms with E-state index in [1.54, 1.807) is 61.7 Å². The van der Waals surface area contributed by atoms with E-state index in [2.05, 4.69) is 4.99 Å². The SMILES string of the molecule is COc1cccc2cc(S(=O)(=O)c3ccccc3)c(=Nc3ccc(C)cc3C)oc12. The Bertz CT molecular complexity index is 1400. The second-order valence-corrected chi connectivity index (χ2v) is 8.93. The maximum absolute atomic E-state index is 13.4. The number of rotatable bonds is 4. The van der Waals surface area contributed by atoms with Crippen molar-refractivity contribution in [3.63, 3.8) is 0 Å². The number of hydrogen-bond donors (Lipinski definition) is 0. The van der Waals surface area contributed by atoms with E-state index in [9.17, 15) is 8.42 Å². The van der Waals surface area contributed by atoms with Gasteiger partial charge in [0.25, 0.3) is 0 Å². The summed E-state index contributed by atoms with van der Waals surface area (Å²) in [5, 5.41) is 0.614. The molecule has 5 nitrogen and oxygen atoms in total. The summed E-state index contributed by atoms with van der Waals surface area (Å²) in [6.07, 6.45) is 0. The number of nitrogens with zero attached hydrogens (tertiary/aromatic N) is 1. The molecule has 4 aromatic rings. The van der Waals surface area contributed by atoms with Gasteiger partial charge in [0.05, 0.1) is 17.7 Å². The van der Waals surface area contributed by atoms with Gasteiger partial charge >= 0.3 is 0 Å². The standard InChI is InChI=1S/C24H21NO4S/c1-16-12-13-20(17(2)14-16)25-24-22(30(26,27)19-9-5-4-6-10-19)15-18-8-7-11-21(28-3)23(18)29-24/h4-15H,1-3H3. The third-order valence-electron chi connectivity index (χ3n) is 4.84. The van der Waals surface area contributed by atoms with Gasteiger partial charge in [-0.1, -0.05) is 48.0 Å². The van der Waals surface area contributed by atoms with Gasteiger partial charge in [-0.2, -0.15) is 0 Å². The Morgan fingerprint density at radius 3 is 2.37 bits per heavy atom. The molecule has 0 N–H and O–H groups in total. The first-order valence-corrected chi connectivity index (χ1v) is 10.9. The molecular weight excluding hydrogens is 398 g/mol. The van der Waals surface area contributed by atoms with E-state index in [4.69, 9.17) is 9.15 Å². The average Bonchev–Trinajstić information content (AvgIpc) is 2.75. The Balaban J connectivity index is 2.08. The van der Waals surface area contributed by atoms with E-state index >= 15 is 0 Å². The molecule has 0 saturated carbocycles. The lowest BCUT2D eigenvalue weighted by Gasteiger charge is -2.09. The lowest BCUT2D eigenvalue weighted by molar-refractivity contribution is 0.404. The summed E-state index contributed by atoms with van der Waals surface area (Å²) in [4.78, 5) is 4.79. The third-order valence-corrected chi connectivity index (χ3v) is 6.61. The van der Waals surface area contributed by atoms with E-state index in [1.807, 2.05) is 32.0 Å². The minimum Gasteiger partial charge on any atom is -0.493 e. The van der Waals surface area contributed by atoms with E-state index in [0.29, 0.717) is 22.4 Å². The van der Waals surface area contributed by atoms with Crippen LogP contribution in [-0.2, 0) is 9.84 Å². The van der Waals surface area contributed by atoms with Crippen molar-refractivity contribution < 1.29 is 17.6 Å². The van der Waals surface area contributed by atoms with Crippen LogP contribution in [0, 0.1) is 13.8 Å². The highest BCUT2D eigenvalue weighted by Gasteiger charge is 2.23. The number of sulfone groups is 1. The Labute approximate surface area is 175 Å². The number of benzene rings is 3. The van der Waals surface area contributed by atoms with Crippen molar-refractivity contribution in [1.29, 1.82) is 0 Å². The van der Waals surface area contributed by atoms with Crippen LogP contribution in [0.1, 0.15) is 11.1 Å². The van der Waals surface area contributed by atoms with Gasteiger partial charge in [0.2, 0.25) is 15.4 Å². The van der Waals surface area contributed by atoms with Crippen LogP contribution in [0.3, 0.4) is 0 Å². The van der Waals surface area contributed by atoms with Crippen LogP contribution >= 0.6 is 0 Å². The first kappa shape index (κ1) is 19.9. The molecule has 0 fully saturated rings. The Morgan fingerprint density at radius 2 is 1.67 bits per heavy atom. The fraction of sp³-hybridized carbons (Fsp3) is 0.125. The van der Waals surface area contributed by atoms with E-state index in [1.165, 1.54) is 0 Å². The molecular formula is C24H21NO4S. The minimum atomic E-state index is -3.85. The molecule has 0 radical (unpaired) electrons. The van der Waals surface area contributed by atoms with Crippen molar-refractivity contribution in [2.24, 2.45) is 4.99 Å². The normalized spacial score (nSPS) is 12.3. The second kappa shape index (κ2) is 7.80. The molecule has 0 saturated heterocycles. The highest BCUT2D eigenvalue weighted by Crippen LogP contribution is 2.28. The van der Waals surface area contributed by atoms with Crippen molar-refractivity contribution >= 4 is 26.5 Å². The molecule has 152 valence electrons. The number of para-hydroxylation sites is 1. The smallest absolute Gasteiger partial charge is 0.239 e. The lowest BCUT2D eigenvalue weighted by atomic mass is 10.1. The molecule has 0 aliphatic heterocycles. The van der Waals surface area contributed by atoms with E-state index in [0.717, 1.165) is 11.1 Å². The summed E-state index contributed by atoms with van der Waals surface area (Å²) in [6.45, 7) is 3.92. The van der Waals surface area contributed by atoms with Crippen molar-refractivity contribution in [1.82, 2.24) is 0 Å². The molecule has 1 aromatic heterocycles. The van der Waals surface area contributed by atoms with Crippen LogP contribution in [0.25, 0.3) is 11.0 Å². The number of fused-ring (bicyclic) bond motifs is 1. The molecule has 4 rings (SSSR count). The van der Waals surface area contributed by atoms with Gasteiger partial charge in [0.1, 0.15) is 4.90 Å². The summed E-state index contributed by atoms with van der Waals surface area (Å²) in [6, 6.07) is 21.0. The predicted octanol–water partition coefficient (Wildman–Crippen LogP) is 5.12. The summed E-state index contributed by atoms with van der Waals surface area (Å²) < 4.78 is 38.3. The van der Waals surface area contributed by atoms with Crippen LogP contribution in [0.15, 0.2) is 92.0 Å². The van der Waals surface area contributed by atoms with Gasteiger partial charge in [-0.15, -0.1) is 0 Å². The molecule has 0 unspecified atom stereocenters. The molecule has 0 spiro atoms. The maximum atomic E-state index is 13.4. The Hall–Kier alpha value is -3.38. The van der Waals surface area contributed by atoms with Gasteiger partial charge in [0.15, 0.2) is 11.3 Å². The number of ether oxygens (including phenoxy) is 1. The summed E-state index contributed by atoms with van der Waals surface area (Å²) in [7, 11) is -2.31. The van der Waals surface area contributed by atoms with Crippen LogP contribution < -0.4 is 10.3 Å². The first-order chi connectivity index (χ1) is 14.4. The number of aryl methyl sites for hydroxylation is 2. The van der Waals surface area contributed by atoms with Crippen LogP contribution in [0.5, 0.6) is 5.75 Å². The van der Waals surface area contributed by atoms with Gasteiger partial charge in [0, 0.05) is 5.39 Å². The Morgan fingerprint density at radius 1 is 0.900 bits per heavy atom. The van der Waals surface area contributed by atoms with E-state index in [-0.39, 0.29) is 15.3 Å². The molecule has 3 aromatic carbocycles. The monoisotopic (exact) mass is 419 g/mol. The third kappa shape index (κ3) is 3.62. The predicted molar refractivity (Wildman–Crippen MR) is 116 cm³/mol. The average molecular weight is 420 g/mol. The van der Waals surface area contributed by atoms with Crippen LogP contribution in [-0.4, -0.2) is 15.5 Å². The van der Waals surface area contributed by atoms with Crippen LogP contribution in [0.2, 0.25) is 0 Å². The minimum absolute atomic E-state index is 0.00873. The van der Waals surface area contributed by atoms with Crippen molar-refractivity contribution in [2.75, 3.05) is 7.11 Å². The summed E-state index contributed by atoms with van der Waals surface area (Å²) in [5.41, 5.74) is 3.12. The molecule has 0 aliphatic rings. The van der Waals surface area contributed by atoms with Gasteiger partial charge < -0.3 is 9.15 Å². The highest BCUT2D eigenvalue weighted by molar-refractivity contribution is 7.91. The zero-order valence-electron chi connectivity index (χ0n) is 16.9. The fourth-order valence-electron chi connectivity index (χ4n) is 3.30. The summed E-state index contributed by atoms with van der Waals surface area (Å²) >= 11 is 0. The number of hydrogen-bond acceptors (Lipinski definition) is 5. The zero-order chi connectivity index (χ0) is 21.3. The molecule has 0 atom stereocenters. The number of methoxy groups -OCH3 is 1. The van der Waals surface area contributed by atoms with Crippen molar-refractivity contribution in [3.8, 4) is 5.75 Å². The topological polar surface area (TPSA) is 68.9 Å². The molecule has 30 heavy (non-hydrogen) atoms. The van der Waals surface area contributed by atoms with Crippen LogP contribution in [0.4, 0.5) is 5.69 Å². The molecule has 0 amide bonds. The molecule has 6 heteroatoms. The highest BCUT2D eigenvalue weighted by atomic mass is 32.2. The lowest BCUT2D eigenvalue weighted by Crippen LogP contribution is -2.16. The first-order valence-electron chi connectivity index (χ1n) is 9.43. The quantitative estimate of drug-likeness (QED) is 0.460. The molecule has 1 heterocycles. The molecule has 0 aliphatic carbocycles. The van der Waals surface area contributed by atoms with Gasteiger partial charge in [-0.25, -0.2) is 13.4 Å². The molecule has 0 bridgehead atoms. The zero-order valence-corrected chi connectivity index (χ0v) is 17.7. The van der Waals surface area contributed by atoms with Crippen molar-refractivity contribution in [3.05, 3.63) is 89.5 Å². The maximum Gasteiger partial charge on any atom is 0.239 e. The summed E-state index contributed by atoms with van der Waals surface area (Å²) in [5.74, 6) is 0.508. The fourth-order valence-corrected chi connectivity index (χ4v) is 4.67. The Kier molecular flexibility index (Phi) is 5.18.